The molecule has 0 aromatic carbocycles. The Morgan fingerprint density at radius 1 is 1.50 bits per heavy atom. The molecule has 90 valence electrons. The van der Waals surface area contributed by atoms with Crippen LogP contribution in [-0.4, -0.2) is 23.2 Å². The lowest BCUT2D eigenvalue weighted by Gasteiger charge is -2.30. The minimum Gasteiger partial charge on any atom is -0.324 e. The second kappa shape index (κ2) is 4.85. The quantitative estimate of drug-likeness (QED) is 0.790. The highest BCUT2D eigenvalue weighted by Crippen LogP contribution is 2.24. The number of hydrogen-bond donors (Lipinski definition) is 0. The number of nitrogens with zero attached hydrogens (tertiary/aromatic N) is 3. The van der Waals surface area contributed by atoms with Gasteiger partial charge in [0, 0.05) is 19.0 Å². The van der Waals surface area contributed by atoms with Gasteiger partial charge in [-0.3, -0.25) is 0 Å². The second-order valence-corrected chi connectivity index (χ2v) is 4.95. The Labute approximate surface area is 97.0 Å². The van der Waals surface area contributed by atoms with Crippen molar-refractivity contribution in [2.45, 2.75) is 46.0 Å². The van der Waals surface area contributed by atoms with Gasteiger partial charge >= 0.3 is 6.01 Å². The maximum atomic E-state index is 5.32. The molecule has 2 rings (SSSR count). The Morgan fingerprint density at radius 2 is 2.31 bits per heavy atom. The monoisotopic (exact) mass is 223 g/mol. The highest BCUT2D eigenvalue weighted by molar-refractivity contribution is 5.26. The van der Waals surface area contributed by atoms with Gasteiger partial charge in [0.2, 0.25) is 0 Å². The lowest BCUT2D eigenvalue weighted by molar-refractivity contribution is 0.356. The first-order chi connectivity index (χ1) is 7.70. The van der Waals surface area contributed by atoms with Crippen LogP contribution in [0.15, 0.2) is 4.52 Å². The smallest absolute Gasteiger partial charge is 0.324 e. The molecule has 16 heavy (non-hydrogen) atoms. The SMILES string of the molecule is CCC1CCCN(c2nc(C(C)C)no2)C1. The van der Waals surface area contributed by atoms with E-state index in [1.165, 1.54) is 19.3 Å². The molecule has 1 aliphatic rings. The third kappa shape index (κ3) is 2.36. The van der Waals surface area contributed by atoms with Gasteiger partial charge in [0.1, 0.15) is 0 Å². The molecule has 1 aromatic rings. The van der Waals surface area contributed by atoms with Gasteiger partial charge in [-0.25, -0.2) is 0 Å². The third-order valence-corrected chi connectivity index (χ3v) is 3.31. The first-order valence-electron chi connectivity index (χ1n) is 6.29. The molecule has 0 bridgehead atoms. The van der Waals surface area contributed by atoms with E-state index in [1.54, 1.807) is 0 Å². The second-order valence-electron chi connectivity index (χ2n) is 4.95. The van der Waals surface area contributed by atoms with E-state index in [-0.39, 0.29) is 0 Å². The molecule has 1 unspecified atom stereocenters. The van der Waals surface area contributed by atoms with E-state index in [9.17, 15) is 0 Å². The molecule has 4 nitrogen and oxygen atoms in total. The Morgan fingerprint density at radius 3 is 2.94 bits per heavy atom. The summed E-state index contributed by atoms with van der Waals surface area (Å²) in [4.78, 5) is 6.68. The average molecular weight is 223 g/mol. The fourth-order valence-electron chi connectivity index (χ4n) is 2.16. The normalized spacial score (nSPS) is 21.8. The van der Waals surface area contributed by atoms with Crippen molar-refractivity contribution < 1.29 is 4.52 Å². The molecule has 0 saturated carbocycles. The minimum atomic E-state index is 0.337. The van der Waals surface area contributed by atoms with E-state index < -0.39 is 0 Å². The van der Waals surface area contributed by atoms with Crippen LogP contribution >= 0.6 is 0 Å². The van der Waals surface area contributed by atoms with Gasteiger partial charge in [0.05, 0.1) is 0 Å². The van der Waals surface area contributed by atoms with E-state index in [4.69, 9.17) is 4.52 Å². The zero-order chi connectivity index (χ0) is 11.5. The van der Waals surface area contributed by atoms with E-state index in [0.29, 0.717) is 11.9 Å². The third-order valence-electron chi connectivity index (χ3n) is 3.31. The molecule has 1 saturated heterocycles. The summed E-state index contributed by atoms with van der Waals surface area (Å²) in [5.74, 6) is 1.93. The van der Waals surface area contributed by atoms with E-state index in [2.05, 4.69) is 35.8 Å². The molecule has 0 spiro atoms. The van der Waals surface area contributed by atoms with Crippen LogP contribution in [0.5, 0.6) is 0 Å². The number of hydrogen-bond acceptors (Lipinski definition) is 4. The summed E-state index contributed by atoms with van der Waals surface area (Å²) in [6, 6.07) is 0.710. The molecule has 0 aliphatic carbocycles. The number of aromatic nitrogens is 2. The molecule has 1 atom stereocenters. The van der Waals surface area contributed by atoms with Crippen molar-refractivity contribution in [1.29, 1.82) is 0 Å². The van der Waals surface area contributed by atoms with Crippen LogP contribution in [0, 0.1) is 5.92 Å². The van der Waals surface area contributed by atoms with Gasteiger partial charge < -0.3 is 9.42 Å². The maximum Gasteiger partial charge on any atom is 0.324 e. The Bertz CT molecular complexity index is 335. The summed E-state index contributed by atoms with van der Waals surface area (Å²) in [7, 11) is 0. The van der Waals surface area contributed by atoms with Crippen molar-refractivity contribution in [2.24, 2.45) is 5.92 Å². The molecule has 1 aromatic heterocycles. The Balaban J connectivity index is 2.05. The summed E-state index contributed by atoms with van der Waals surface area (Å²) in [6.07, 6.45) is 3.80. The lowest BCUT2D eigenvalue weighted by Crippen LogP contribution is -2.35. The highest BCUT2D eigenvalue weighted by atomic mass is 16.5. The van der Waals surface area contributed by atoms with Gasteiger partial charge in [-0.1, -0.05) is 32.3 Å². The number of anilines is 1. The van der Waals surface area contributed by atoms with Crippen LogP contribution in [0.2, 0.25) is 0 Å². The van der Waals surface area contributed by atoms with Crippen molar-refractivity contribution in [2.75, 3.05) is 18.0 Å². The molecule has 4 heteroatoms. The molecular weight excluding hydrogens is 202 g/mol. The van der Waals surface area contributed by atoms with Crippen molar-refractivity contribution in [3.8, 4) is 0 Å². The summed E-state index contributed by atoms with van der Waals surface area (Å²) >= 11 is 0. The summed E-state index contributed by atoms with van der Waals surface area (Å²) in [5, 5.41) is 4.01. The zero-order valence-electron chi connectivity index (χ0n) is 10.4. The fraction of sp³-hybridized carbons (Fsp3) is 0.833. The van der Waals surface area contributed by atoms with Crippen LogP contribution in [0.1, 0.15) is 51.8 Å². The lowest BCUT2D eigenvalue weighted by atomic mass is 9.96. The first kappa shape index (κ1) is 11.4. The van der Waals surface area contributed by atoms with Crippen molar-refractivity contribution >= 4 is 6.01 Å². The predicted octanol–water partition coefficient (Wildman–Crippen LogP) is 2.82. The number of rotatable bonds is 3. The van der Waals surface area contributed by atoms with E-state index in [0.717, 1.165) is 24.8 Å². The molecule has 1 fully saturated rings. The van der Waals surface area contributed by atoms with Gasteiger partial charge in [-0.05, 0) is 18.8 Å². The van der Waals surface area contributed by atoms with E-state index >= 15 is 0 Å². The van der Waals surface area contributed by atoms with Crippen LogP contribution in [0.25, 0.3) is 0 Å². The average Bonchev–Trinajstić information content (AvgIpc) is 2.78. The van der Waals surface area contributed by atoms with Crippen LogP contribution in [-0.2, 0) is 0 Å². The van der Waals surface area contributed by atoms with Crippen LogP contribution in [0.3, 0.4) is 0 Å². The Kier molecular flexibility index (Phi) is 3.46. The molecular formula is C12H21N3O. The topological polar surface area (TPSA) is 42.2 Å². The van der Waals surface area contributed by atoms with Crippen molar-refractivity contribution in [3.63, 3.8) is 0 Å². The summed E-state index contributed by atoms with van der Waals surface area (Å²) in [5.41, 5.74) is 0. The Hall–Kier alpha value is -1.06. The zero-order valence-corrected chi connectivity index (χ0v) is 10.4. The molecule has 0 N–H and O–H groups in total. The molecule has 1 aliphatic heterocycles. The fourth-order valence-corrected chi connectivity index (χ4v) is 2.16. The molecule has 0 amide bonds. The summed E-state index contributed by atoms with van der Waals surface area (Å²) < 4.78 is 5.32. The van der Waals surface area contributed by atoms with E-state index in [1.807, 2.05) is 0 Å². The molecule has 2 heterocycles. The number of piperidine rings is 1. The van der Waals surface area contributed by atoms with Gasteiger partial charge in [-0.2, -0.15) is 4.98 Å². The van der Waals surface area contributed by atoms with Gasteiger partial charge in [0.15, 0.2) is 5.82 Å². The minimum absolute atomic E-state index is 0.337. The van der Waals surface area contributed by atoms with Crippen molar-refractivity contribution in [3.05, 3.63) is 5.82 Å². The van der Waals surface area contributed by atoms with Crippen molar-refractivity contribution in [1.82, 2.24) is 10.1 Å². The van der Waals surface area contributed by atoms with Gasteiger partial charge in [0.25, 0.3) is 0 Å². The maximum absolute atomic E-state index is 5.32. The van der Waals surface area contributed by atoms with Crippen LogP contribution < -0.4 is 4.90 Å². The van der Waals surface area contributed by atoms with Gasteiger partial charge in [-0.15, -0.1) is 0 Å². The van der Waals surface area contributed by atoms with Crippen LogP contribution in [0.4, 0.5) is 6.01 Å². The largest absolute Gasteiger partial charge is 0.324 e. The highest BCUT2D eigenvalue weighted by Gasteiger charge is 2.23. The first-order valence-corrected chi connectivity index (χ1v) is 6.29. The standard InChI is InChI=1S/C12H21N3O/c1-4-10-6-5-7-15(8-10)12-13-11(9(2)3)14-16-12/h9-10H,4-8H2,1-3H3. The summed E-state index contributed by atoms with van der Waals surface area (Å²) in [6.45, 7) is 8.54. The predicted molar refractivity (Wildman–Crippen MR) is 63.6 cm³/mol. The molecule has 0 radical (unpaired) electrons.